The lowest BCUT2D eigenvalue weighted by atomic mass is 10.1. The standard InChI is InChI=1S/C19H34N4O3.C13H18N2O2.C2H6.C2H4/c1-7-13-23(6)19(26)16(22-17(24)8-2)12-10-9-11-14(3)21-18(25)15(4)20-5;16-10-15-8-4-7-12(15)13(17)14-9-11-5-2-1-3-6-11;2*1-2/h14-16,20H,7-8,11-13H2,1-6H3,(H,21,25)(H,22,24);2,5-6,10,12H,1,3-4,7-9H2,(H,14,17);1-2H3;1-2H2. The minimum Gasteiger partial charge on any atom is -0.351 e. The van der Waals surface area contributed by atoms with Crippen LogP contribution >= 0.6 is 0 Å². The number of hydrogen-bond acceptors (Lipinski definition) is 6. The molecule has 11 nitrogen and oxygen atoms in total. The van der Waals surface area contributed by atoms with Crippen molar-refractivity contribution in [3.8, 4) is 11.8 Å². The lowest BCUT2D eigenvalue weighted by molar-refractivity contribution is -0.135. The van der Waals surface area contributed by atoms with E-state index in [1.165, 1.54) is 0 Å². The second kappa shape index (κ2) is 28.3. The van der Waals surface area contributed by atoms with Gasteiger partial charge in [0, 0.05) is 52.0 Å². The average molecular weight is 659 g/mol. The van der Waals surface area contributed by atoms with Gasteiger partial charge >= 0.3 is 0 Å². The van der Waals surface area contributed by atoms with E-state index in [0.717, 1.165) is 44.1 Å². The maximum absolute atomic E-state index is 12.4. The highest BCUT2D eigenvalue weighted by Gasteiger charge is 2.29. The molecule has 4 N–H and O–H groups in total. The Morgan fingerprint density at radius 1 is 1.09 bits per heavy atom. The second-order valence-electron chi connectivity index (χ2n) is 10.9. The van der Waals surface area contributed by atoms with E-state index in [2.05, 4.69) is 64.5 Å². The minimum absolute atomic E-state index is 0.0329. The Labute approximate surface area is 284 Å². The van der Waals surface area contributed by atoms with Crippen molar-refractivity contribution in [1.29, 1.82) is 0 Å². The zero-order valence-electron chi connectivity index (χ0n) is 30.2. The summed E-state index contributed by atoms with van der Waals surface area (Å²) in [4.78, 5) is 61.8. The molecular weight excluding hydrogens is 596 g/mol. The Hall–Kier alpha value is -3.91. The second-order valence-corrected chi connectivity index (χ2v) is 10.9. The van der Waals surface area contributed by atoms with Crippen LogP contribution in [0.5, 0.6) is 0 Å². The molecule has 1 fully saturated rings. The highest BCUT2D eigenvalue weighted by molar-refractivity contribution is 5.87. The summed E-state index contributed by atoms with van der Waals surface area (Å²) in [5, 5.41) is 11.4. The molecule has 0 aromatic heterocycles. The number of rotatable bonds is 14. The normalized spacial score (nSPS) is 16.2. The van der Waals surface area contributed by atoms with E-state index in [1.807, 2.05) is 27.7 Å². The molecule has 0 aromatic rings. The molecule has 0 saturated carbocycles. The highest BCUT2D eigenvalue weighted by atomic mass is 16.2. The Kier molecular flexibility index (Phi) is 27.2. The summed E-state index contributed by atoms with van der Waals surface area (Å²) >= 11 is 0. The van der Waals surface area contributed by atoms with Gasteiger partial charge < -0.3 is 31.1 Å². The topological polar surface area (TPSA) is 140 Å². The first-order valence-corrected chi connectivity index (χ1v) is 16.9. The fourth-order valence-corrected chi connectivity index (χ4v) is 4.46. The molecule has 0 bridgehead atoms. The van der Waals surface area contributed by atoms with Crippen LogP contribution in [0.1, 0.15) is 92.9 Å². The van der Waals surface area contributed by atoms with E-state index in [9.17, 15) is 24.0 Å². The number of hydrogen-bond donors (Lipinski definition) is 4. The molecule has 4 unspecified atom stereocenters. The van der Waals surface area contributed by atoms with Gasteiger partial charge in [-0.15, -0.1) is 25.0 Å². The van der Waals surface area contributed by atoms with Crippen LogP contribution in [0.15, 0.2) is 37.0 Å². The molecule has 2 rings (SSSR count). The van der Waals surface area contributed by atoms with Crippen LogP contribution in [0.4, 0.5) is 0 Å². The lowest BCUT2D eigenvalue weighted by Crippen LogP contribution is -2.47. The minimum atomic E-state index is -0.638. The molecule has 0 spiro atoms. The van der Waals surface area contributed by atoms with Crippen molar-refractivity contribution in [2.45, 2.75) is 117 Å². The molecule has 1 aliphatic heterocycles. The number of carbonyl (C=O) groups excluding carboxylic acids is 5. The fourth-order valence-electron chi connectivity index (χ4n) is 4.46. The van der Waals surface area contributed by atoms with Gasteiger partial charge in [-0.05, 0) is 58.6 Å². The molecule has 1 aliphatic carbocycles. The molecule has 0 aromatic carbocycles. The zero-order valence-corrected chi connectivity index (χ0v) is 30.2. The van der Waals surface area contributed by atoms with Crippen molar-refractivity contribution in [1.82, 2.24) is 31.1 Å². The quantitative estimate of drug-likeness (QED) is 0.128. The zero-order chi connectivity index (χ0) is 36.2. The van der Waals surface area contributed by atoms with E-state index in [0.29, 0.717) is 32.5 Å². The molecule has 11 heteroatoms. The monoisotopic (exact) mass is 658 g/mol. The van der Waals surface area contributed by atoms with Crippen LogP contribution in [0.2, 0.25) is 0 Å². The van der Waals surface area contributed by atoms with Crippen LogP contribution in [-0.2, 0) is 24.0 Å². The van der Waals surface area contributed by atoms with E-state index >= 15 is 0 Å². The number of nitrogens with zero attached hydrogens (tertiary/aromatic N) is 2. The van der Waals surface area contributed by atoms with Gasteiger partial charge in [0.2, 0.25) is 30.0 Å². The summed E-state index contributed by atoms with van der Waals surface area (Å²) in [5.74, 6) is 5.54. The number of carbonyl (C=O) groups is 5. The highest BCUT2D eigenvalue weighted by Crippen LogP contribution is 2.15. The third kappa shape index (κ3) is 19.4. The number of allylic oxidation sites excluding steroid dienone is 2. The maximum Gasteiger partial charge on any atom is 0.245 e. The SMILES string of the molecule is C=C.CC.CCCN(C)C(=O)C(CC#CCC(C)NC(=O)C(C)NC)NC(=O)CC.O=CN1CCCC1C(=O)NCC1=CCCC=C1. The third-order valence-electron chi connectivity index (χ3n) is 7.21. The smallest absolute Gasteiger partial charge is 0.245 e. The number of nitrogens with one attached hydrogen (secondary N) is 4. The number of amides is 5. The number of likely N-dealkylation sites (N-methyl/N-ethyl adjacent to an activating group) is 2. The summed E-state index contributed by atoms with van der Waals surface area (Å²) in [7, 11) is 3.46. The van der Waals surface area contributed by atoms with E-state index in [1.54, 1.807) is 37.7 Å². The molecule has 1 saturated heterocycles. The maximum atomic E-state index is 12.4. The van der Waals surface area contributed by atoms with Crippen molar-refractivity contribution in [3.63, 3.8) is 0 Å². The first-order chi connectivity index (χ1) is 22.6. The summed E-state index contributed by atoms with van der Waals surface area (Å²) in [6, 6.07) is -1.25. The molecule has 1 heterocycles. The first-order valence-electron chi connectivity index (χ1n) is 16.9. The molecule has 4 atom stereocenters. The van der Waals surface area contributed by atoms with Crippen molar-refractivity contribution in [2.75, 3.05) is 33.7 Å². The van der Waals surface area contributed by atoms with Gasteiger partial charge in [-0.2, -0.15) is 0 Å². The van der Waals surface area contributed by atoms with Crippen molar-refractivity contribution < 1.29 is 24.0 Å². The Morgan fingerprint density at radius 2 is 1.74 bits per heavy atom. The van der Waals surface area contributed by atoms with Gasteiger partial charge in [0.15, 0.2) is 0 Å². The van der Waals surface area contributed by atoms with Gasteiger partial charge in [-0.1, -0.05) is 45.9 Å². The van der Waals surface area contributed by atoms with Crippen LogP contribution in [0.3, 0.4) is 0 Å². The Morgan fingerprint density at radius 3 is 2.30 bits per heavy atom. The van der Waals surface area contributed by atoms with Crippen LogP contribution in [-0.4, -0.2) is 97.7 Å². The van der Waals surface area contributed by atoms with Gasteiger partial charge in [0.25, 0.3) is 0 Å². The van der Waals surface area contributed by atoms with Crippen LogP contribution in [0, 0.1) is 11.8 Å². The predicted molar refractivity (Wildman–Crippen MR) is 191 cm³/mol. The van der Waals surface area contributed by atoms with Gasteiger partial charge in [-0.25, -0.2) is 0 Å². The molecule has 5 amide bonds. The largest absolute Gasteiger partial charge is 0.351 e. The summed E-state index contributed by atoms with van der Waals surface area (Å²) in [6.45, 7) is 19.3. The fraction of sp³-hybridized carbons (Fsp3) is 0.639. The van der Waals surface area contributed by atoms with Gasteiger partial charge in [-0.3, -0.25) is 24.0 Å². The van der Waals surface area contributed by atoms with Gasteiger partial charge in [0.05, 0.1) is 6.04 Å². The molecule has 47 heavy (non-hydrogen) atoms. The molecule has 0 radical (unpaired) electrons. The summed E-state index contributed by atoms with van der Waals surface area (Å²) in [6.07, 6.45) is 12.8. The molecule has 2 aliphatic rings. The van der Waals surface area contributed by atoms with Gasteiger partial charge in [0.1, 0.15) is 12.1 Å². The van der Waals surface area contributed by atoms with Crippen LogP contribution < -0.4 is 21.3 Å². The summed E-state index contributed by atoms with van der Waals surface area (Å²) in [5.41, 5.74) is 1.15. The summed E-state index contributed by atoms with van der Waals surface area (Å²) < 4.78 is 0. The van der Waals surface area contributed by atoms with Crippen molar-refractivity contribution >= 4 is 30.0 Å². The molecular formula is C36H62N6O5. The number of likely N-dealkylation sites (tertiary alicyclic amines) is 1. The predicted octanol–water partition coefficient (Wildman–Crippen LogP) is 3.47. The molecule has 266 valence electrons. The first kappa shape index (κ1) is 45.2. The Balaban J connectivity index is 0. The van der Waals surface area contributed by atoms with E-state index < -0.39 is 6.04 Å². The lowest BCUT2D eigenvalue weighted by Gasteiger charge is -2.23. The van der Waals surface area contributed by atoms with E-state index in [-0.39, 0.29) is 48.2 Å². The van der Waals surface area contributed by atoms with Crippen molar-refractivity contribution in [3.05, 3.63) is 37.0 Å². The average Bonchev–Trinajstić information content (AvgIpc) is 3.59. The Bertz CT molecular complexity index is 1060. The third-order valence-corrected chi connectivity index (χ3v) is 7.21. The van der Waals surface area contributed by atoms with Crippen molar-refractivity contribution in [2.24, 2.45) is 0 Å². The van der Waals surface area contributed by atoms with Crippen LogP contribution in [0.25, 0.3) is 0 Å². The van der Waals surface area contributed by atoms with E-state index in [4.69, 9.17) is 0 Å².